The lowest BCUT2D eigenvalue weighted by Gasteiger charge is -2.31. The van der Waals surface area contributed by atoms with Gasteiger partial charge < -0.3 is 19.8 Å². The predicted octanol–water partition coefficient (Wildman–Crippen LogP) is 2.05. The molecule has 1 aliphatic rings. The lowest BCUT2D eigenvalue weighted by Crippen LogP contribution is -2.44. The maximum Gasteiger partial charge on any atom is 0.277 e. The largest absolute Gasteiger partial charge is 0.341 e. The average Bonchev–Trinajstić information content (AvgIpc) is 3.22. The second kappa shape index (κ2) is 8.84. The number of fused-ring (bicyclic) bond motifs is 2. The number of aryl methyl sites for hydroxylation is 1. The number of anilines is 1. The highest BCUT2D eigenvalue weighted by atomic mass is 16.1. The van der Waals surface area contributed by atoms with E-state index >= 15 is 0 Å². The average molecular weight is 457 g/mol. The quantitative estimate of drug-likeness (QED) is 0.475. The first-order chi connectivity index (χ1) is 16.5. The second-order valence-electron chi connectivity index (χ2n) is 8.84. The number of imidazole rings is 1. The molecule has 1 atom stereocenters. The van der Waals surface area contributed by atoms with Crippen LogP contribution in [0, 0.1) is 11.8 Å². The third-order valence-corrected chi connectivity index (χ3v) is 6.59. The van der Waals surface area contributed by atoms with Gasteiger partial charge in [0.15, 0.2) is 0 Å². The van der Waals surface area contributed by atoms with E-state index in [9.17, 15) is 9.59 Å². The molecule has 8 nitrogen and oxygen atoms in total. The topological polar surface area (TPSA) is 91.1 Å². The maximum absolute atomic E-state index is 13.7. The van der Waals surface area contributed by atoms with Crippen molar-refractivity contribution in [3.05, 3.63) is 68.9 Å². The maximum atomic E-state index is 13.7. The van der Waals surface area contributed by atoms with E-state index in [2.05, 4.69) is 16.7 Å². The van der Waals surface area contributed by atoms with Gasteiger partial charge in [-0.2, -0.15) is 0 Å². The zero-order chi connectivity index (χ0) is 23.8. The van der Waals surface area contributed by atoms with E-state index in [4.69, 9.17) is 10.7 Å². The number of benzene rings is 1. The summed E-state index contributed by atoms with van der Waals surface area (Å²) >= 11 is 0. The first kappa shape index (κ1) is 22.0. The van der Waals surface area contributed by atoms with Crippen LogP contribution in [-0.4, -0.2) is 37.8 Å². The van der Waals surface area contributed by atoms with Crippen molar-refractivity contribution in [2.45, 2.75) is 38.9 Å². The Hall–Kier alpha value is -3.83. The Morgan fingerprint density at radius 3 is 2.82 bits per heavy atom. The number of pyridine rings is 2. The molecule has 0 radical (unpaired) electrons. The fourth-order valence-electron chi connectivity index (χ4n) is 4.82. The fraction of sp³-hybridized carbons (Fsp3) is 0.346. The molecule has 174 valence electrons. The molecule has 3 aromatic heterocycles. The minimum Gasteiger partial charge on any atom is -0.341 e. The van der Waals surface area contributed by atoms with Gasteiger partial charge in [0.05, 0.1) is 24.1 Å². The van der Waals surface area contributed by atoms with Crippen molar-refractivity contribution >= 4 is 27.9 Å². The van der Waals surface area contributed by atoms with Crippen LogP contribution in [0.4, 0.5) is 5.95 Å². The van der Waals surface area contributed by atoms with Gasteiger partial charge in [0.25, 0.3) is 11.1 Å². The van der Waals surface area contributed by atoms with Gasteiger partial charge in [0.2, 0.25) is 5.95 Å². The van der Waals surface area contributed by atoms with Crippen molar-refractivity contribution < 1.29 is 0 Å². The molecule has 1 fully saturated rings. The standard InChI is InChI=1S/C26H28N6O2/c1-3-4-13-32-24-21(28-26(32)31-12-7-8-19(27)17-31)11-14-30(25(24)34)16-18-15-23(33)29(2)22-10-6-5-9-20(18)22/h5-6,9-11,14-15,19H,7-8,12-13,16-17,27H2,1-2H3. The molecule has 4 aromatic rings. The number of para-hydroxylation sites is 1. The molecule has 5 rings (SSSR count). The molecule has 2 N–H and O–H groups in total. The van der Waals surface area contributed by atoms with Crippen LogP contribution in [0.25, 0.3) is 21.9 Å². The zero-order valence-electron chi connectivity index (χ0n) is 19.5. The fourth-order valence-corrected chi connectivity index (χ4v) is 4.82. The number of aromatic nitrogens is 4. The number of hydrogen-bond donors (Lipinski definition) is 1. The third-order valence-electron chi connectivity index (χ3n) is 6.59. The summed E-state index contributed by atoms with van der Waals surface area (Å²) in [6.45, 7) is 4.01. The molecule has 0 saturated carbocycles. The Bertz CT molecular complexity index is 1570. The van der Waals surface area contributed by atoms with Crippen LogP contribution in [0.5, 0.6) is 0 Å². The minimum absolute atomic E-state index is 0.0879. The van der Waals surface area contributed by atoms with E-state index in [0.717, 1.165) is 41.8 Å². The number of piperidine rings is 1. The molecule has 0 amide bonds. The molecule has 0 bridgehead atoms. The molecule has 1 unspecified atom stereocenters. The van der Waals surface area contributed by atoms with Gasteiger partial charge in [-0.1, -0.05) is 24.1 Å². The molecule has 0 spiro atoms. The summed E-state index contributed by atoms with van der Waals surface area (Å²) in [7, 11) is 1.76. The zero-order valence-corrected chi connectivity index (χ0v) is 19.5. The Morgan fingerprint density at radius 2 is 2.03 bits per heavy atom. The number of nitrogens with two attached hydrogens (primary N) is 1. The second-order valence-corrected chi connectivity index (χ2v) is 8.84. The van der Waals surface area contributed by atoms with Gasteiger partial charge in [-0.15, -0.1) is 5.92 Å². The molecule has 1 aliphatic heterocycles. The molecule has 34 heavy (non-hydrogen) atoms. The molecule has 1 saturated heterocycles. The van der Waals surface area contributed by atoms with Crippen LogP contribution in [0.15, 0.2) is 52.2 Å². The van der Waals surface area contributed by atoms with Gasteiger partial charge in [-0.3, -0.25) is 14.2 Å². The van der Waals surface area contributed by atoms with Crippen molar-refractivity contribution in [2.24, 2.45) is 12.8 Å². The normalized spacial score (nSPS) is 16.1. The van der Waals surface area contributed by atoms with Gasteiger partial charge in [-0.05, 0) is 37.5 Å². The summed E-state index contributed by atoms with van der Waals surface area (Å²) in [5, 5.41) is 0.949. The lowest BCUT2D eigenvalue weighted by molar-refractivity contribution is 0.496. The van der Waals surface area contributed by atoms with E-state index in [0.29, 0.717) is 30.7 Å². The predicted molar refractivity (Wildman–Crippen MR) is 135 cm³/mol. The van der Waals surface area contributed by atoms with Crippen molar-refractivity contribution in [3.63, 3.8) is 0 Å². The first-order valence-electron chi connectivity index (χ1n) is 11.6. The summed E-state index contributed by atoms with van der Waals surface area (Å²) in [6.07, 6.45) is 3.73. The van der Waals surface area contributed by atoms with Crippen molar-refractivity contribution in [1.29, 1.82) is 0 Å². The van der Waals surface area contributed by atoms with E-state index in [1.165, 1.54) is 0 Å². The third kappa shape index (κ3) is 3.78. The molecule has 8 heteroatoms. The summed E-state index contributed by atoms with van der Waals surface area (Å²) in [4.78, 5) is 33.2. The first-order valence-corrected chi connectivity index (χ1v) is 11.6. The van der Waals surface area contributed by atoms with Crippen LogP contribution in [-0.2, 0) is 20.1 Å². The summed E-state index contributed by atoms with van der Waals surface area (Å²) < 4.78 is 5.18. The van der Waals surface area contributed by atoms with Crippen molar-refractivity contribution in [2.75, 3.05) is 18.0 Å². The van der Waals surface area contributed by atoms with E-state index in [1.54, 1.807) is 35.4 Å². The molecular weight excluding hydrogens is 428 g/mol. The van der Waals surface area contributed by atoms with E-state index < -0.39 is 0 Å². The van der Waals surface area contributed by atoms with E-state index in [-0.39, 0.29) is 17.2 Å². The number of rotatable bonds is 4. The monoisotopic (exact) mass is 456 g/mol. The molecule has 0 aliphatic carbocycles. The molecule has 1 aromatic carbocycles. The minimum atomic E-state index is -0.153. The van der Waals surface area contributed by atoms with Crippen LogP contribution in [0.2, 0.25) is 0 Å². The molecular formula is C26H28N6O2. The van der Waals surface area contributed by atoms with E-state index in [1.807, 2.05) is 34.9 Å². The number of hydrogen-bond acceptors (Lipinski definition) is 5. The van der Waals surface area contributed by atoms with Gasteiger partial charge in [0, 0.05) is 43.8 Å². The molecule has 4 heterocycles. The highest BCUT2D eigenvalue weighted by molar-refractivity contribution is 5.82. The summed E-state index contributed by atoms with van der Waals surface area (Å²) in [5.74, 6) is 6.76. The highest BCUT2D eigenvalue weighted by Crippen LogP contribution is 2.24. The van der Waals surface area contributed by atoms with Crippen LogP contribution in [0.1, 0.15) is 25.3 Å². The smallest absolute Gasteiger partial charge is 0.277 e. The van der Waals surface area contributed by atoms with Crippen molar-refractivity contribution in [3.8, 4) is 11.8 Å². The van der Waals surface area contributed by atoms with Crippen LogP contribution >= 0.6 is 0 Å². The van der Waals surface area contributed by atoms with Crippen molar-refractivity contribution in [1.82, 2.24) is 18.7 Å². The Labute approximate surface area is 197 Å². The summed E-state index contributed by atoms with van der Waals surface area (Å²) in [6, 6.07) is 11.3. The van der Waals surface area contributed by atoms with Gasteiger partial charge in [0.1, 0.15) is 5.52 Å². The SMILES string of the molecule is CC#CCn1c(N2CCCC(N)C2)nc2ccn(Cc3cc(=O)n(C)c4ccccc34)c(=O)c21. The Balaban J connectivity index is 1.64. The highest BCUT2D eigenvalue weighted by Gasteiger charge is 2.24. The van der Waals surface area contributed by atoms with Crippen LogP contribution < -0.4 is 21.8 Å². The lowest BCUT2D eigenvalue weighted by atomic mass is 10.1. The summed E-state index contributed by atoms with van der Waals surface area (Å²) in [5.41, 5.74) is 8.77. The van der Waals surface area contributed by atoms with Gasteiger partial charge in [-0.25, -0.2) is 4.98 Å². The Kier molecular flexibility index (Phi) is 5.72. The van der Waals surface area contributed by atoms with Crippen LogP contribution in [0.3, 0.4) is 0 Å². The van der Waals surface area contributed by atoms with Gasteiger partial charge >= 0.3 is 0 Å². The Morgan fingerprint density at radius 1 is 1.21 bits per heavy atom. The number of nitrogens with zero attached hydrogens (tertiary/aromatic N) is 5.